The van der Waals surface area contributed by atoms with Crippen LogP contribution in [0.1, 0.15) is 166 Å². The Morgan fingerprint density at radius 1 is 0.325 bits per heavy atom. The molecule has 0 aliphatic carbocycles. The van der Waals surface area contributed by atoms with Gasteiger partial charge in [0.25, 0.3) is 0 Å². The third-order valence-electron chi connectivity index (χ3n) is 8.29. The second kappa shape index (κ2) is 24.8. The molecule has 0 aliphatic rings. The molecule has 0 amide bonds. The fourth-order valence-electron chi connectivity index (χ4n) is 5.56. The third kappa shape index (κ3) is 18.4. The summed E-state index contributed by atoms with van der Waals surface area (Å²) >= 11 is 0. The van der Waals surface area contributed by atoms with Crippen LogP contribution in [0.3, 0.4) is 0 Å². The molecule has 0 bridgehead atoms. The quantitative estimate of drug-likeness (QED) is 0.0828. The summed E-state index contributed by atoms with van der Waals surface area (Å²) in [5, 5.41) is 8.93. The summed E-state index contributed by atoms with van der Waals surface area (Å²) in [5.41, 5.74) is 4.71. The molecule has 0 spiro atoms. The highest BCUT2D eigenvalue weighted by atomic mass is 15.1. The van der Waals surface area contributed by atoms with E-state index in [-0.39, 0.29) is 0 Å². The van der Waals surface area contributed by atoms with E-state index < -0.39 is 0 Å². The Hall–Kier alpha value is -1.96. The highest BCUT2D eigenvalue weighted by Gasteiger charge is 1.99. The molecule has 2 nitrogen and oxygen atoms in total. The molecule has 0 radical (unpaired) electrons. The molecule has 0 unspecified atom stereocenters. The van der Waals surface area contributed by atoms with Gasteiger partial charge < -0.3 is 0 Å². The maximum Gasteiger partial charge on any atom is 0.0857 e. The van der Waals surface area contributed by atoms with Crippen molar-refractivity contribution in [2.24, 2.45) is 10.2 Å². The Balaban J connectivity index is 1.50. The van der Waals surface area contributed by atoms with Crippen molar-refractivity contribution in [3.05, 3.63) is 59.7 Å². The molecular weight excluding hydrogens is 484 g/mol. The van der Waals surface area contributed by atoms with Crippen molar-refractivity contribution in [2.45, 2.75) is 168 Å². The Labute approximate surface area is 248 Å². The van der Waals surface area contributed by atoms with Crippen molar-refractivity contribution < 1.29 is 0 Å². The van der Waals surface area contributed by atoms with Gasteiger partial charge in [0.05, 0.1) is 11.4 Å². The molecule has 2 heteroatoms. The average molecular weight is 547 g/mol. The fourth-order valence-corrected chi connectivity index (χ4v) is 5.56. The van der Waals surface area contributed by atoms with Crippen LogP contribution in [0.4, 0.5) is 11.4 Å². The Morgan fingerprint density at radius 2 is 0.575 bits per heavy atom. The first kappa shape index (κ1) is 34.2. The number of azo groups is 1. The second-order valence-electron chi connectivity index (χ2n) is 12.1. The summed E-state index contributed by atoms with van der Waals surface area (Å²) in [7, 11) is 0. The average Bonchev–Trinajstić information content (AvgIpc) is 2.99. The maximum absolute atomic E-state index is 4.47. The number of hydrogen-bond donors (Lipinski definition) is 0. The first-order valence-corrected chi connectivity index (χ1v) is 17.4. The number of benzene rings is 2. The van der Waals surface area contributed by atoms with Crippen LogP contribution in [-0.2, 0) is 12.8 Å². The molecule has 0 saturated carbocycles. The van der Waals surface area contributed by atoms with Gasteiger partial charge in [0.1, 0.15) is 0 Å². The van der Waals surface area contributed by atoms with Gasteiger partial charge in [0.2, 0.25) is 0 Å². The molecule has 2 rings (SSSR count). The maximum atomic E-state index is 4.47. The van der Waals surface area contributed by atoms with Crippen molar-refractivity contribution in [3.63, 3.8) is 0 Å². The molecule has 40 heavy (non-hydrogen) atoms. The summed E-state index contributed by atoms with van der Waals surface area (Å²) in [5.74, 6) is 0. The topological polar surface area (TPSA) is 24.7 Å². The van der Waals surface area contributed by atoms with E-state index in [9.17, 15) is 0 Å². The van der Waals surface area contributed by atoms with Crippen molar-refractivity contribution in [3.8, 4) is 0 Å². The van der Waals surface area contributed by atoms with E-state index in [4.69, 9.17) is 0 Å². The van der Waals surface area contributed by atoms with Gasteiger partial charge in [-0.05, 0) is 61.1 Å². The first-order chi connectivity index (χ1) is 19.8. The molecule has 224 valence electrons. The van der Waals surface area contributed by atoms with Crippen LogP contribution in [0, 0.1) is 0 Å². The molecule has 0 fully saturated rings. The lowest BCUT2D eigenvalue weighted by atomic mass is 10.0. The molecule has 0 saturated heterocycles. The summed E-state index contributed by atoms with van der Waals surface area (Å²) in [6.45, 7) is 4.58. The van der Waals surface area contributed by atoms with Crippen LogP contribution in [0.2, 0.25) is 0 Å². The van der Waals surface area contributed by atoms with Gasteiger partial charge in [-0.25, -0.2) is 0 Å². The van der Waals surface area contributed by atoms with Gasteiger partial charge in [-0.2, -0.15) is 10.2 Å². The predicted molar refractivity (Wildman–Crippen MR) is 177 cm³/mol. The van der Waals surface area contributed by atoms with E-state index >= 15 is 0 Å². The van der Waals surface area contributed by atoms with Crippen LogP contribution in [-0.4, -0.2) is 0 Å². The molecule has 2 aromatic rings. The van der Waals surface area contributed by atoms with Crippen LogP contribution in [0.5, 0.6) is 0 Å². The molecule has 0 heterocycles. The summed E-state index contributed by atoms with van der Waals surface area (Å²) in [4.78, 5) is 0. The molecule has 2 aromatic carbocycles. The van der Waals surface area contributed by atoms with Gasteiger partial charge in [-0.1, -0.05) is 167 Å². The summed E-state index contributed by atoms with van der Waals surface area (Å²) < 4.78 is 0. The lowest BCUT2D eigenvalue weighted by Gasteiger charge is -2.04. The number of hydrogen-bond acceptors (Lipinski definition) is 2. The summed E-state index contributed by atoms with van der Waals surface area (Å²) in [6, 6.07) is 17.3. The lowest BCUT2D eigenvalue weighted by Crippen LogP contribution is -1.86. The zero-order chi connectivity index (χ0) is 28.4. The second-order valence-corrected chi connectivity index (χ2v) is 12.1. The van der Waals surface area contributed by atoms with Gasteiger partial charge in [0.15, 0.2) is 0 Å². The van der Waals surface area contributed by atoms with Crippen molar-refractivity contribution in [2.75, 3.05) is 0 Å². The minimum absolute atomic E-state index is 0.938. The Morgan fingerprint density at radius 3 is 0.850 bits per heavy atom. The fraction of sp³-hybridized carbons (Fsp3) is 0.684. The van der Waals surface area contributed by atoms with E-state index in [2.05, 4.69) is 72.6 Å². The highest BCUT2D eigenvalue weighted by molar-refractivity contribution is 5.42. The number of rotatable bonds is 26. The minimum Gasteiger partial charge on any atom is -0.151 e. The Kier molecular flexibility index (Phi) is 21.2. The lowest BCUT2D eigenvalue weighted by molar-refractivity contribution is 0.549. The monoisotopic (exact) mass is 546 g/mol. The van der Waals surface area contributed by atoms with E-state index in [1.54, 1.807) is 0 Å². The van der Waals surface area contributed by atoms with E-state index in [1.807, 2.05) is 0 Å². The normalized spacial score (nSPS) is 11.6. The standard InChI is InChI=1S/C38H62N2/c1-3-5-7-9-11-13-15-17-19-21-23-25-35-27-31-37(32-28-35)39-40-38-33-29-36(30-34-38)26-24-22-20-18-16-14-12-10-8-6-4-2/h27-34H,3-26H2,1-2H3. The van der Waals surface area contributed by atoms with Crippen molar-refractivity contribution in [1.29, 1.82) is 0 Å². The van der Waals surface area contributed by atoms with Gasteiger partial charge in [-0.3, -0.25) is 0 Å². The van der Waals surface area contributed by atoms with Gasteiger partial charge in [-0.15, -0.1) is 0 Å². The number of unbranched alkanes of at least 4 members (excludes halogenated alkanes) is 20. The van der Waals surface area contributed by atoms with E-state index in [1.165, 1.54) is 165 Å². The largest absolute Gasteiger partial charge is 0.151 e. The Bertz CT molecular complexity index is 765. The molecule has 0 atom stereocenters. The van der Waals surface area contributed by atoms with Crippen LogP contribution >= 0.6 is 0 Å². The third-order valence-corrected chi connectivity index (χ3v) is 8.29. The highest BCUT2D eigenvalue weighted by Crippen LogP contribution is 2.21. The van der Waals surface area contributed by atoms with Gasteiger partial charge >= 0.3 is 0 Å². The smallest absolute Gasteiger partial charge is 0.0857 e. The molecule has 0 aliphatic heterocycles. The zero-order valence-electron chi connectivity index (χ0n) is 26.5. The van der Waals surface area contributed by atoms with Crippen molar-refractivity contribution in [1.82, 2.24) is 0 Å². The first-order valence-electron chi connectivity index (χ1n) is 17.4. The zero-order valence-corrected chi connectivity index (χ0v) is 26.5. The van der Waals surface area contributed by atoms with Crippen LogP contribution < -0.4 is 0 Å². The SMILES string of the molecule is CCCCCCCCCCCCCc1ccc(N=Nc2ccc(CCCCCCCCCCCCC)cc2)cc1. The molecular formula is C38H62N2. The van der Waals surface area contributed by atoms with Crippen LogP contribution in [0.15, 0.2) is 58.8 Å². The summed E-state index contributed by atoms with van der Waals surface area (Å²) in [6.07, 6.45) is 33.1. The minimum atomic E-state index is 0.938. The number of aryl methyl sites for hydroxylation is 2. The van der Waals surface area contributed by atoms with E-state index in [0.29, 0.717) is 0 Å². The van der Waals surface area contributed by atoms with Crippen LogP contribution in [0.25, 0.3) is 0 Å². The number of nitrogens with zero attached hydrogens (tertiary/aromatic N) is 2. The predicted octanol–water partition coefficient (Wildman–Crippen LogP) is 13.8. The van der Waals surface area contributed by atoms with E-state index in [0.717, 1.165) is 11.4 Å². The molecule has 0 N–H and O–H groups in total. The van der Waals surface area contributed by atoms with Gasteiger partial charge in [0, 0.05) is 0 Å². The molecule has 0 aromatic heterocycles. The van der Waals surface area contributed by atoms with Crippen molar-refractivity contribution >= 4 is 11.4 Å².